The van der Waals surface area contributed by atoms with Gasteiger partial charge in [-0.3, -0.25) is 15.0 Å². The zero-order valence-electron chi connectivity index (χ0n) is 11.3. The van der Waals surface area contributed by atoms with E-state index in [0.717, 1.165) is 5.75 Å². The summed E-state index contributed by atoms with van der Waals surface area (Å²) in [5, 5.41) is 2.30. The van der Waals surface area contributed by atoms with Crippen molar-refractivity contribution < 1.29 is 14.3 Å². The number of ether oxygens (including phenoxy) is 1. The molecule has 1 saturated heterocycles. The Morgan fingerprint density at radius 1 is 0.952 bits per heavy atom. The Balaban J connectivity index is 1.80. The van der Waals surface area contributed by atoms with Gasteiger partial charge in [-0.25, -0.2) is 4.79 Å². The lowest BCUT2D eigenvalue weighted by Crippen LogP contribution is -2.49. The monoisotopic (exact) mass is 282 g/mol. The van der Waals surface area contributed by atoms with Gasteiger partial charge >= 0.3 is 6.03 Å². The van der Waals surface area contributed by atoms with Gasteiger partial charge in [0.2, 0.25) is 5.91 Å². The number of nitrogens with zero attached hydrogens (tertiary/aromatic N) is 1. The van der Waals surface area contributed by atoms with Crippen LogP contribution in [0.1, 0.15) is 6.42 Å². The molecule has 0 saturated carbocycles. The predicted octanol–water partition coefficient (Wildman–Crippen LogP) is 2.93. The van der Waals surface area contributed by atoms with Crippen LogP contribution in [-0.4, -0.2) is 18.5 Å². The van der Waals surface area contributed by atoms with E-state index in [1.165, 1.54) is 4.90 Å². The van der Waals surface area contributed by atoms with Crippen LogP contribution in [0, 0.1) is 0 Å². The Hall–Kier alpha value is -2.82. The Kier molecular flexibility index (Phi) is 3.55. The molecule has 1 aliphatic rings. The third-order valence-electron chi connectivity index (χ3n) is 3.16. The molecule has 1 N–H and O–H groups in total. The van der Waals surface area contributed by atoms with Crippen molar-refractivity contribution in [2.75, 3.05) is 11.4 Å². The Morgan fingerprint density at radius 2 is 1.71 bits per heavy atom. The summed E-state index contributed by atoms with van der Waals surface area (Å²) in [7, 11) is 0. The number of carbonyl (C=O) groups excluding carboxylic acids is 2. The van der Waals surface area contributed by atoms with E-state index < -0.39 is 6.03 Å². The quantitative estimate of drug-likeness (QED) is 0.941. The summed E-state index contributed by atoms with van der Waals surface area (Å²) in [4.78, 5) is 24.5. The molecule has 0 spiro atoms. The van der Waals surface area contributed by atoms with Gasteiger partial charge in [0, 0.05) is 24.7 Å². The normalized spacial score (nSPS) is 14.8. The first-order chi connectivity index (χ1) is 10.2. The van der Waals surface area contributed by atoms with E-state index in [-0.39, 0.29) is 5.91 Å². The number of para-hydroxylation sites is 1. The van der Waals surface area contributed by atoms with Crippen LogP contribution < -0.4 is 15.0 Å². The van der Waals surface area contributed by atoms with E-state index in [1.807, 2.05) is 48.5 Å². The summed E-state index contributed by atoms with van der Waals surface area (Å²) in [5.74, 6) is 1.13. The molecule has 0 aliphatic carbocycles. The third kappa shape index (κ3) is 3.02. The lowest BCUT2D eigenvalue weighted by Gasteiger charge is -2.26. The number of imide groups is 1. The number of nitrogens with one attached hydrogen (secondary N) is 1. The van der Waals surface area contributed by atoms with Crippen LogP contribution in [0.5, 0.6) is 11.5 Å². The van der Waals surface area contributed by atoms with Crippen LogP contribution >= 0.6 is 0 Å². The van der Waals surface area contributed by atoms with Crippen molar-refractivity contribution in [1.29, 1.82) is 0 Å². The number of rotatable bonds is 3. The molecule has 0 radical (unpaired) electrons. The average molecular weight is 282 g/mol. The maximum atomic E-state index is 11.8. The van der Waals surface area contributed by atoms with Crippen molar-refractivity contribution in [1.82, 2.24) is 5.32 Å². The van der Waals surface area contributed by atoms with Gasteiger partial charge in [-0.05, 0) is 24.3 Å². The molecule has 5 nitrogen and oxygen atoms in total. The highest BCUT2D eigenvalue weighted by molar-refractivity contribution is 6.05. The van der Waals surface area contributed by atoms with Crippen LogP contribution in [0.3, 0.4) is 0 Å². The van der Waals surface area contributed by atoms with Crippen molar-refractivity contribution >= 4 is 17.6 Å². The molecule has 0 unspecified atom stereocenters. The van der Waals surface area contributed by atoms with Crippen LogP contribution in [0.2, 0.25) is 0 Å². The fourth-order valence-corrected chi connectivity index (χ4v) is 2.15. The highest BCUT2D eigenvalue weighted by Gasteiger charge is 2.24. The molecular weight excluding hydrogens is 268 g/mol. The molecule has 1 aliphatic heterocycles. The molecule has 3 rings (SSSR count). The molecule has 2 aromatic carbocycles. The average Bonchev–Trinajstić information content (AvgIpc) is 2.48. The Labute approximate surface area is 122 Å². The molecule has 3 amide bonds. The van der Waals surface area contributed by atoms with Gasteiger partial charge in [0.15, 0.2) is 0 Å². The zero-order chi connectivity index (χ0) is 14.7. The molecule has 0 bridgehead atoms. The largest absolute Gasteiger partial charge is 0.457 e. The number of hydrogen-bond acceptors (Lipinski definition) is 3. The van der Waals surface area contributed by atoms with Crippen molar-refractivity contribution in [2.45, 2.75) is 6.42 Å². The van der Waals surface area contributed by atoms with Gasteiger partial charge in [0.05, 0.1) is 0 Å². The predicted molar refractivity (Wildman–Crippen MR) is 78.5 cm³/mol. The maximum Gasteiger partial charge on any atom is 0.328 e. The minimum atomic E-state index is -0.400. The summed E-state index contributed by atoms with van der Waals surface area (Å²) in [5.41, 5.74) is 0.702. The van der Waals surface area contributed by atoms with E-state index in [2.05, 4.69) is 5.32 Å². The summed E-state index contributed by atoms with van der Waals surface area (Å²) in [6.07, 6.45) is 0.301. The number of amides is 3. The highest BCUT2D eigenvalue weighted by atomic mass is 16.5. The molecule has 1 heterocycles. The maximum absolute atomic E-state index is 11.8. The van der Waals surface area contributed by atoms with Crippen molar-refractivity contribution in [3.63, 3.8) is 0 Å². The first-order valence-corrected chi connectivity index (χ1v) is 6.67. The molecule has 0 aromatic heterocycles. The molecule has 1 fully saturated rings. The van der Waals surface area contributed by atoms with Gasteiger partial charge < -0.3 is 4.74 Å². The molecule has 106 valence electrons. The second-order valence-electron chi connectivity index (χ2n) is 4.67. The molecule has 0 atom stereocenters. The summed E-state index contributed by atoms with van der Waals surface area (Å²) >= 11 is 0. The highest BCUT2D eigenvalue weighted by Crippen LogP contribution is 2.26. The Bertz CT molecular complexity index is 670. The second-order valence-corrected chi connectivity index (χ2v) is 4.67. The standard InChI is InChI=1S/C16H14N2O3/c19-15-9-10-18(16(20)17-15)12-5-4-8-14(11-12)21-13-6-2-1-3-7-13/h1-8,11H,9-10H2,(H,17,19,20). The van der Waals surface area contributed by atoms with Crippen molar-refractivity contribution in [3.8, 4) is 11.5 Å². The molecule has 5 heteroatoms. The number of benzene rings is 2. The SMILES string of the molecule is O=C1CCN(c2cccc(Oc3ccccc3)c2)C(=O)N1. The van der Waals surface area contributed by atoms with E-state index in [0.29, 0.717) is 24.4 Å². The lowest BCUT2D eigenvalue weighted by atomic mass is 10.2. The third-order valence-corrected chi connectivity index (χ3v) is 3.16. The number of hydrogen-bond donors (Lipinski definition) is 1. The second kappa shape index (κ2) is 5.66. The molecule has 21 heavy (non-hydrogen) atoms. The lowest BCUT2D eigenvalue weighted by molar-refractivity contribution is -0.120. The minimum absolute atomic E-state index is 0.243. The minimum Gasteiger partial charge on any atom is -0.457 e. The first-order valence-electron chi connectivity index (χ1n) is 6.67. The van der Waals surface area contributed by atoms with Crippen LogP contribution in [0.25, 0.3) is 0 Å². The van der Waals surface area contributed by atoms with Gasteiger partial charge in [0.25, 0.3) is 0 Å². The topological polar surface area (TPSA) is 58.6 Å². The van der Waals surface area contributed by atoms with Gasteiger partial charge in [-0.15, -0.1) is 0 Å². The van der Waals surface area contributed by atoms with Gasteiger partial charge in [-0.2, -0.15) is 0 Å². The van der Waals surface area contributed by atoms with Crippen LogP contribution in [-0.2, 0) is 4.79 Å². The van der Waals surface area contributed by atoms with E-state index in [9.17, 15) is 9.59 Å². The van der Waals surface area contributed by atoms with Crippen LogP contribution in [0.15, 0.2) is 54.6 Å². The van der Waals surface area contributed by atoms with E-state index >= 15 is 0 Å². The number of anilines is 1. The summed E-state index contributed by atoms with van der Waals surface area (Å²) in [6.45, 7) is 0.374. The molecule has 2 aromatic rings. The first kappa shape index (κ1) is 13.2. The smallest absolute Gasteiger partial charge is 0.328 e. The van der Waals surface area contributed by atoms with E-state index in [4.69, 9.17) is 4.74 Å². The Morgan fingerprint density at radius 3 is 2.48 bits per heavy atom. The summed E-state index contributed by atoms with van der Waals surface area (Å²) < 4.78 is 5.74. The van der Waals surface area contributed by atoms with Crippen LogP contribution in [0.4, 0.5) is 10.5 Å². The fraction of sp³-hybridized carbons (Fsp3) is 0.125. The fourth-order valence-electron chi connectivity index (χ4n) is 2.15. The molecular formula is C16H14N2O3. The van der Waals surface area contributed by atoms with Crippen molar-refractivity contribution in [3.05, 3.63) is 54.6 Å². The number of urea groups is 1. The van der Waals surface area contributed by atoms with Gasteiger partial charge in [0.1, 0.15) is 11.5 Å². The zero-order valence-corrected chi connectivity index (χ0v) is 11.3. The summed E-state index contributed by atoms with van der Waals surface area (Å²) in [6, 6.07) is 16.3. The number of carbonyl (C=O) groups is 2. The van der Waals surface area contributed by atoms with Gasteiger partial charge in [-0.1, -0.05) is 24.3 Å². The van der Waals surface area contributed by atoms with E-state index in [1.54, 1.807) is 6.07 Å². The van der Waals surface area contributed by atoms with Crippen molar-refractivity contribution in [2.24, 2.45) is 0 Å².